The second-order valence-electron chi connectivity index (χ2n) is 8.38. The van der Waals surface area contributed by atoms with E-state index in [2.05, 4.69) is 46.8 Å². The van der Waals surface area contributed by atoms with Gasteiger partial charge in [0.05, 0.1) is 0 Å². The molecule has 0 aromatic rings. The van der Waals surface area contributed by atoms with Crippen molar-refractivity contribution in [2.75, 3.05) is 0 Å². The summed E-state index contributed by atoms with van der Waals surface area (Å²) in [6, 6.07) is 0. The first-order chi connectivity index (χ1) is 9.20. The Hall–Kier alpha value is -0.850. The van der Waals surface area contributed by atoms with Gasteiger partial charge in [-0.25, -0.2) is 0 Å². The Kier molecular flexibility index (Phi) is 2.88. The van der Waals surface area contributed by atoms with Crippen LogP contribution in [-0.2, 0) is 4.79 Å². The van der Waals surface area contributed by atoms with E-state index in [1.54, 1.807) is 5.57 Å². The van der Waals surface area contributed by atoms with Crippen molar-refractivity contribution in [3.05, 3.63) is 23.3 Å². The van der Waals surface area contributed by atoms with Crippen LogP contribution in [0.15, 0.2) is 23.3 Å². The fraction of sp³-hybridized carbons (Fsp3) is 0.737. The molecule has 0 N–H and O–H groups in total. The van der Waals surface area contributed by atoms with Crippen LogP contribution in [-0.4, -0.2) is 5.78 Å². The molecule has 1 nitrogen and oxygen atoms in total. The fourth-order valence-electron chi connectivity index (χ4n) is 5.58. The summed E-state index contributed by atoms with van der Waals surface area (Å²) in [7, 11) is 0. The van der Waals surface area contributed by atoms with Gasteiger partial charge in [0.15, 0.2) is 0 Å². The van der Waals surface area contributed by atoms with Crippen LogP contribution in [0.4, 0.5) is 0 Å². The number of fused-ring (bicyclic) bond motifs is 3. The number of rotatable bonds is 0. The maximum Gasteiger partial charge on any atom is 0.138 e. The zero-order chi connectivity index (χ0) is 14.8. The third-order valence-electron chi connectivity index (χ3n) is 6.61. The van der Waals surface area contributed by atoms with Crippen LogP contribution in [0.1, 0.15) is 66.7 Å². The molecule has 0 spiro atoms. The highest BCUT2D eigenvalue weighted by molar-refractivity contribution is 5.85. The zero-order valence-electron chi connectivity index (χ0n) is 13.7. The van der Waals surface area contributed by atoms with E-state index in [4.69, 9.17) is 0 Å². The number of hydrogen-bond acceptors (Lipinski definition) is 1. The van der Waals surface area contributed by atoms with Gasteiger partial charge in [0.1, 0.15) is 5.78 Å². The van der Waals surface area contributed by atoms with E-state index in [-0.39, 0.29) is 16.2 Å². The molecule has 0 unspecified atom stereocenters. The Morgan fingerprint density at radius 2 is 1.85 bits per heavy atom. The standard InChI is InChI=1S/C19H28O/c1-13-6-7-15-18(4,12-13)10-8-14-17(2,3)16(20)9-11-19(14,15)5/h7,12,14H,6,8-11H2,1-5H3/t14-,18-,19-/m0/s1. The molecule has 3 rings (SSSR count). The van der Waals surface area contributed by atoms with Crippen molar-refractivity contribution < 1.29 is 4.79 Å². The van der Waals surface area contributed by atoms with Crippen molar-refractivity contribution in [1.82, 2.24) is 0 Å². The zero-order valence-corrected chi connectivity index (χ0v) is 13.7. The van der Waals surface area contributed by atoms with Gasteiger partial charge in [0.25, 0.3) is 0 Å². The first-order valence-corrected chi connectivity index (χ1v) is 8.13. The maximum absolute atomic E-state index is 12.4. The SMILES string of the molecule is CC1=C[C@]2(C)CC[C@H]3C(C)(C)C(=O)CC[C@]3(C)C2=CC1. The highest BCUT2D eigenvalue weighted by Crippen LogP contribution is 2.64. The Bertz CT molecular complexity index is 522. The highest BCUT2D eigenvalue weighted by atomic mass is 16.1. The monoisotopic (exact) mass is 272 g/mol. The first kappa shape index (κ1) is 14.1. The number of carbonyl (C=O) groups excluding carboxylic acids is 1. The van der Waals surface area contributed by atoms with Gasteiger partial charge < -0.3 is 0 Å². The van der Waals surface area contributed by atoms with Gasteiger partial charge in [0, 0.05) is 17.3 Å². The summed E-state index contributed by atoms with van der Waals surface area (Å²) in [5, 5.41) is 0. The summed E-state index contributed by atoms with van der Waals surface area (Å²) in [6.07, 6.45) is 10.3. The second-order valence-corrected chi connectivity index (χ2v) is 8.38. The molecule has 110 valence electrons. The van der Waals surface area contributed by atoms with Gasteiger partial charge in [-0.1, -0.05) is 51.0 Å². The van der Waals surface area contributed by atoms with Gasteiger partial charge in [-0.05, 0) is 43.9 Å². The van der Waals surface area contributed by atoms with Crippen molar-refractivity contribution in [3.8, 4) is 0 Å². The van der Waals surface area contributed by atoms with E-state index in [0.29, 0.717) is 11.7 Å². The average molecular weight is 272 g/mol. The largest absolute Gasteiger partial charge is 0.299 e. The average Bonchev–Trinajstić information content (AvgIpc) is 2.33. The lowest BCUT2D eigenvalue weighted by atomic mass is 9.44. The van der Waals surface area contributed by atoms with Crippen molar-refractivity contribution in [1.29, 1.82) is 0 Å². The van der Waals surface area contributed by atoms with Crippen LogP contribution in [0.3, 0.4) is 0 Å². The number of allylic oxidation sites excluding steroid dienone is 4. The molecule has 0 bridgehead atoms. The van der Waals surface area contributed by atoms with Crippen LogP contribution in [0, 0.1) is 22.2 Å². The molecular weight excluding hydrogens is 244 g/mol. The Morgan fingerprint density at radius 3 is 2.55 bits per heavy atom. The summed E-state index contributed by atoms with van der Waals surface area (Å²) in [5.41, 5.74) is 3.45. The molecule has 0 aromatic heterocycles. The molecule has 3 aliphatic rings. The molecular formula is C19H28O. The smallest absolute Gasteiger partial charge is 0.138 e. The minimum absolute atomic E-state index is 0.147. The van der Waals surface area contributed by atoms with Crippen molar-refractivity contribution in [2.24, 2.45) is 22.2 Å². The second kappa shape index (κ2) is 4.08. The molecule has 0 saturated heterocycles. The van der Waals surface area contributed by atoms with Gasteiger partial charge >= 0.3 is 0 Å². The molecule has 0 heterocycles. The molecule has 20 heavy (non-hydrogen) atoms. The lowest BCUT2D eigenvalue weighted by molar-refractivity contribution is -0.140. The minimum Gasteiger partial charge on any atom is -0.299 e. The van der Waals surface area contributed by atoms with Gasteiger partial charge in [0.2, 0.25) is 0 Å². The third-order valence-corrected chi connectivity index (χ3v) is 6.61. The molecule has 0 amide bonds. The predicted molar refractivity (Wildman–Crippen MR) is 83.4 cm³/mol. The summed E-state index contributed by atoms with van der Waals surface area (Å²) in [4.78, 5) is 12.4. The topological polar surface area (TPSA) is 17.1 Å². The molecule has 1 heteroatoms. The first-order valence-electron chi connectivity index (χ1n) is 8.13. The van der Waals surface area contributed by atoms with E-state index < -0.39 is 0 Å². The van der Waals surface area contributed by atoms with E-state index in [0.717, 1.165) is 19.3 Å². The number of hydrogen-bond donors (Lipinski definition) is 0. The van der Waals surface area contributed by atoms with Crippen molar-refractivity contribution in [2.45, 2.75) is 66.7 Å². The lowest BCUT2D eigenvalue weighted by Gasteiger charge is -2.59. The quantitative estimate of drug-likeness (QED) is 0.562. The van der Waals surface area contributed by atoms with Crippen LogP contribution >= 0.6 is 0 Å². The Balaban J connectivity index is 2.07. The van der Waals surface area contributed by atoms with Gasteiger partial charge in [-0.15, -0.1) is 0 Å². The van der Waals surface area contributed by atoms with Crippen molar-refractivity contribution in [3.63, 3.8) is 0 Å². The highest BCUT2D eigenvalue weighted by Gasteiger charge is 2.57. The molecule has 0 aliphatic heterocycles. The van der Waals surface area contributed by atoms with E-state index >= 15 is 0 Å². The molecule has 3 atom stereocenters. The van der Waals surface area contributed by atoms with Crippen LogP contribution in [0.2, 0.25) is 0 Å². The normalized spacial score (nSPS) is 43.2. The maximum atomic E-state index is 12.4. The van der Waals surface area contributed by atoms with E-state index in [9.17, 15) is 4.79 Å². The Labute approximate surface area is 123 Å². The summed E-state index contributed by atoms with van der Waals surface area (Å²) >= 11 is 0. The molecule has 0 radical (unpaired) electrons. The lowest BCUT2D eigenvalue weighted by Crippen LogP contribution is -2.53. The number of Topliss-reactive ketones (excluding diaryl/α,β-unsaturated/α-hetero) is 1. The summed E-state index contributed by atoms with van der Waals surface area (Å²) < 4.78 is 0. The number of carbonyl (C=O) groups is 1. The molecule has 3 aliphatic carbocycles. The third kappa shape index (κ3) is 1.71. The van der Waals surface area contributed by atoms with Gasteiger partial charge in [-0.2, -0.15) is 0 Å². The predicted octanol–water partition coefficient (Wildman–Crippen LogP) is 5.07. The summed E-state index contributed by atoms with van der Waals surface area (Å²) in [6.45, 7) is 11.5. The molecule has 0 aromatic carbocycles. The van der Waals surface area contributed by atoms with Crippen molar-refractivity contribution >= 4 is 5.78 Å². The Morgan fingerprint density at radius 1 is 1.15 bits per heavy atom. The van der Waals surface area contributed by atoms with Crippen LogP contribution in [0.25, 0.3) is 0 Å². The van der Waals surface area contributed by atoms with Crippen LogP contribution < -0.4 is 0 Å². The fourth-order valence-corrected chi connectivity index (χ4v) is 5.58. The number of ketones is 1. The summed E-state index contributed by atoms with van der Waals surface area (Å²) in [5.74, 6) is 0.995. The van der Waals surface area contributed by atoms with Gasteiger partial charge in [-0.3, -0.25) is 4.79 Å². The van der Waals surface area contributed by atoms with E-state index in [1.165, 1.54) is 18.4 Å². The minimum atomic E-state index is -0.147. The molecule has 2 fully saturated rings. The molecule has 2 saturated carbocycles. The van der Waals surface area contributed by atoms with E-state index in [1.807, 2.05) is 0 Å². The van der Waals surface area contributed by atoms with Crippen LogP contribution in [0.5, 0.6) is 0 Å².